The topological polar surface area (TPSA) is 94.1 Å². The average Bonchev–Trinajstić information content (AvgIpc) is 2.65. The van der Waals surface area contributed by atoms with Gasteiger partial charge in [-0.3, -0.25) is 0 Å². The number of nitrogens with zero attached hydrogens (tertiary/aromatic N) is 3. The number of hydrogen-bond acceptors (Lipinski definition) is 7. The van der Waals surface area contributed by atoms with Gasteiger partial charge in [0.05, 0.1) is 11.3 Å². The molecule has 2 aromatic carbocycles. The molecule has 11 heteroatoms. The molecule has 3 aromatic rings. The number of alkyl halides is 2. The second-order valence-electron chi connectivity index (χ2n) is 6.37. The number of anilines is 2. The molecule has 0 fully saturated rings. The summed E-state index contributed by atoms with van der Waals surface area (Å²) in [7, 11) is -3.20. The Kier molecular flexibility index (Phi) is 6.50. The fourth-order valence-electron chi connectivity index (χ4n) is 2.61. The van der Waals surface area contributed by atoms with Gasteiger partial charge in [0.2, 0.25) is 5.95 Å². The lowest BCUT2D eigenvalue weighted by molar-refractivity contribution is 0.0820. The third kappa shape index (κ3) is 6.14. The number of rotatable bonds is 8. The Bertz CT molecular complexity index is 1140. The first-order valence-electron chi connectivity index (χ1n) is 8.63. The molecule has 0 aliphatic carbocycles. The number of benzene rings is 2. The summed E-state index contributed by atoms with van der Waals surface area (Å²) in [6, 6.07) is 10.1. The van der Waals surface area contributed by atoms with Crippen molar-refractivity contribution in [3.8, 4) is 17.1 Å². The summed E-state index contributed by atoms with van der Waals surface area (Å²) >= 11 is 0. The predicted molar refractivity (Wildman–Crippen MR) is 105 cm³/mol. The summed E-state index contributed by atoms with van der Waals surface area (Å²) < 4.78 is 66.5. The van der Waals surface area contributed by atoms with Crippen LogP contribution in [0.25, 0.3) is 11.4 Å². The van der Waals surface area contributed by atoms with Crippen LogP contribution in [0.4, 0.5) is 24.8 Å². The number of halogens is 3. The van der Waals surface area contributed by atoms with Crippen molar-refractivity contribution in [1.82, 2.24) is 15.0 Å². The van der Waals surface area contributed by atoms with E-state index in [0.29, 0.717) is 11.3 Å². The van der Waals surface area contributed by atoms with Gasteiger partial charge in [0, 0.05) is 18.0 Å². The highest BCUT2D eigenvalue weighted by Gasteiger charge is 2.14. The van der Waals surface area contributed by atoms with E-state index in [1.165, 1.54) is 12.4 Å². The standard InChI is InChI=1S/C19H17F3N4O3S/c1-30(27,28)10-12-3-2-4-14(7-12)25-19-24-11-23-18(26-19)15-6-5-13(20)8-16(15)29-9-17(21)22/h2-8,11,17H,9-10H2,1H3,(H,23,24,25,26). The van der Waals surface area contributed by atoms with Crippen LogP contribution in [0.1, 0.15) is 5.56 Å². The minimum atomic E-state index is -3.20. The summed E-state index contributed by atoms with van der Waals surface area (Å²) in [6.45, 7) is -0.903. The van der Waals surface area contributed by atoms with Crippen LogP contribution in [-0.4, -0.2) is 42.7 Å². The van der Waals surface area contributed by atoms with Gasteiger partial charge < -0.3 is 10.1 Å². The van der Waals surface area contributed by atoms with Crippen LogP contribution in [0.5, 0.6) is 5.75 Å². The third-order valence-electron chi connectivity index (χ3n) is 3.73. The highest BCUT2D eigenvalue weighted by molar-refractivity contribution is 7.89. The Morgan fingerprint density at radius 1 is 1.13 bits per heavy atom. The summed E-state index contributed by atoms with van der Waals surface area (Å²) in [5.41, 5.74) is 1.34. The SMILES string of the molecule is CS(=O)(=O)Cc1cccc(Nc2ncnc(-c3ccc(F)cc3OCC(F)F)n2)c1. The lowest BCUT2D eigenvalue weighted by atomic mass is 10.2. The molecule has 0 unspecified atom stereocenters. The first-order valence-corrected chi connectivity index (χ1v) is 10.7. The van der Waals surface area contributed by atoms with E-state index in [1.54, 1.807) is 24.3 Å². The van der Waals surface area contributed by atoms with Crippen molar-refractivity contribution in [1.29, 1.82) is 0 Å². The third-order valence-corrected chi connectivity index (χ3v) is 4.59. The number of hydrogen-bond donors (Lipinski definition) is 1. The molecule has 0 spiro atoms. The number of ether oxygens (including phenoxy) is 1. The fourth-order valence-corrected chi connectivity index (χ4v) is 3.40. The highest BCUT2D eigenvalue weighted by atomic mass is 32.2. The van der Waals surface area contributed by atoms with E-state index in [9.17, 15) is 21.6 Å². The van der Waals surface area contributed by atoms with Crippen molar-refractivity contribution >= 4 is 21.5 Å². The van der Waals surface area contributed by atoms with Gasteiger partial charge in [0.25, 0.3) is 6.43 Å². The van der Waals surface area contributed by atoms with Gasteiger partial charge in [-0.2, -0.15) is 4.98 Å². The molecule has 1 N–H and O–H groups in total. The maximum Gasteiger partial charge on any atom is 0.272 e. The van der Waals surface area contributed by atoms with Crippen molar-refractivity contribution in [2.45, 2.75) is 12.2 Å². The van der Waals surface area contributed by atoms with Crippen LogP contribution in [-0.2, 0) is 15.6 Å². The zero-order chi connectivity index (χ0) is 21.7. The maximum atomic E-state index is 13.5. The summed E-state index contributed by atoms with van der Waals surface area (Å²) in [5, 5.41) is 2.93. The molecule has 0 atom stereocenters. The van der Waals surface area contributed by atoms with Crippen molar-refractivity contribution in [2.24, 2.45) is 0 Å². The van der Waals surface area contributed by atoms with Crippen molar-refractivity contribution in [2.75, 3.05) is 18.2 Å². The molecular weight excluding hydrogens is 421 g/mol. The van der Waals surface area contributed by atoms with E-state index < -0.39 is 28.7 Å². The molecular formula is C19H17F3N4O3S. The van der Waals surface area contributed by atoms with Gasteiger partial charge in [-0.05, 0) is 29.8 Å². The molecule has 0 amide bonds. The van der Waals surface area contributed by atoms with E-state index in [1.807, 2.05) is 0 Å². The minimum Gasteiger partial charge on any atom is -0.487 e. The van der Waals surface area contributed by atoms with Gasteiger partial charge in [-0.15, -0.1) is 0 Å². The fraction of sp³-hybridized carbons (Fsp3) is 0.211. The molecule has 0 saturated carbocycles. The van der Waals surface area contributed by atoms with Gasteiger partial charge in [0.15, 0.2) is 15.7 Å². The van der Waals surface area contributed by atoms with E-state index in [0.717, 1.165) is 18.4 Å². The van der Waals surface area contributed by atoms with Gasteiger partial charge in [0.1, 0.15) is 24.5 Å². The van der Waals surface area contributed by atoms with E-state index in [2.05, 4.69) is 20.3 Å². The molecule has 158 valence electrons. The molecule has 3 rings (SSSR count). The number of aromatic nitrogens is 3. The second-order valence-corrected chi connectivity index (χ2v) is 8.51. The average molecular weight is 438 g/mol. The maximum absolute atomic E-state index is 13.5. The molecule has 0 aliphatic heterocycles. The predicted octanol–water partition coefficient (Wildman–Crippen LogP) is 3.61. The Morgan fingerprint density at radius 2 is 1.93 bits per heavy atom. The van der Waals surface area contributed by atoms with Crippen molar-refractivity contribution in [3.63, 3.8) is 0 Å². The van der Waals surface area contributed by atoms with Crippen molar-refractivity contribution < 1.29 is 26.3 Å². The Labute approximate surface area is 170 Å². The van der Waals surface area contributed by atoms with Gasteiger partial charge >= 0.3 is 0 Å². The molecule has 0 aliphatic rings. The Balaban J connectivity index is 1.86. The number of nitrogens with one attached hydrogen (secondary N) is 1. The van der Waals surface area contributed by atoms with Crippen LogP contribution >= 0.6 is 0 Å². The lowest BCUT2D eigenvalue weighted by Gasteiger charge is -2.11. The van der Waals surface area contributed by atoms with Crippen LogP contribution in [0.2, 0.25) is 0 Å². The summed E-state index contributed by atoms with van der Waals surface area (Å²) in [6.07, 6.45) is -0.386. The number of sulfone groups is 1. The first kappa shape index (κ1) is 21.5. The van der Waals surface area contributed by atoms with Crippen LogP contribution in [0.15, 0.2) is 48.8 Å². The first-order chi connectivity index (χ1) is 14.2. The Hall–Kier alpha value is -3.21. The van der Waals surface area contributed by atoms with Crippen molar-refractivity contribution in [3.05, 3.63) is 60.2 Å². The zero-order valence-electron chi connectivity index (χ0n) is 15.7. The minimum absolute atomic E-state index is 0.0871. The smallest absolute Gasteiger partial charge is 0.272 e. The molecule has 30 heavy (non-hydrogen) atoms. The molecule has 1 aromatic heterocycles. The molecule has 0 radical (unpaired) electrons. The molecule has 0 bridgehead atoms. The van der Waals surface area contributed by atoms with E-state index in [4.69, 9.17) is 4.74 Å². The van der Waals surface area contributed by atoms with Crippen LogP contribution in [0.3, 0.4) is 0 Å². The largest absolute Gasteiger partial charge is 0.487 e. The monoisotopic (exact) mass is 438 g/mol. The summed E-state index contributed by atoms with van der Waals surface area (Å²) in [5.74, 6) is -0.684. The molecule has 7 nitrogen and oxygen atoms in total. The van der Waals surface area contributed by atoms with Gasteiger partial charge in [-0.1, -0.05) is 12.1 Å². The van der Waals surface area contributed by atoms with Crippen LogP contribution < -0.4 is 10.1 Å². The quantitative estimate of drug-likeness (QED) is 0.574. The van der Waals surface area contributed by atoms with E-state index >= 15 is 0 Å². The Morgan fingerprint density at radius 3 is 2.67 bits per heavy atom. The molecule has 0 saturated heterocycles. The zero-order valence-corrected chi connectivity index (χ0v) is 16.5. The normalized spacial score (nSPS) is 11.5. The second kappa shape index (κ2) is 9.08. The lowest BCUT2D eigenvalue weighted by Crippen LogP contribution is -2.08. The van der Waals surface area contributed by atoms with Gasteiger partial charge in [-0.25, -0.2) is 31.6 Å². The highest BCUT2D eigenvalue weighted by Crippen LogP contribution is 2.29. The van der Waals surface area contributed by atoms with Crippen LogP contribution in [0, 0.1) is 5.82 Å². The van der Waals surface area contributed by atoms with E-state index in [-0.39, 0.29) is 28.8 Å². The summed E-state index contributed by atoms with van der Waals surface area (Å²) in [4.78, 5) is 12.2. The molecule has 1 heterocycles.